The molecule has 3 aromatic carbocycles. The maximum Gasteiger partial charge on any atom is 0.325 e. The second-order valence-corrected chi connectivity index (χ2v) is 9.23. The van der Waals surface area contributed by atoms with E-state index in [0.717, 1.165) is 11.1 Å². The van der Waals surface area contributed by atoms with Crippen molar-refractivity contribution >= 4 is 46.9 Å². The van der Waals surface area contributed by atoms with Crippen LogP contribution in [0.2, 0.25) is 5.02 Å². The van der Waals surface area contributed by atoms with Crippen molar-refractivity contribution in [3.05, 3.63) is 89.1 Å². The number of nitrogens with zero attached hydrogens (tertiary/aromatic N) is 3. The molecule has 0 spiro atoms. The van der Waals surface area contributed by atoms with E-state index in [0.29, 0.717) is 27.9 Å². The number of methoxy groups -OCH3 is 2. The molecule has 1 heterocycles. The number of amides is 4. The van der Waals surface area contributed by atoms with Crippen LogP contribution in [0.15, 0.2) is 72.9 Å². The van der Waals surface area contributed by atoms with Gasteiger partial charge in [0.25, 0.3) is 0 Å². The van der Waals surface area contributed by atoms with Gasteiger partial charge in [0.15, 0.2) is 0 Å². The largest absolute Gasteiger partial charge is 0.495 e. The number of nitrogens with one attached hydrogen (secondary N) is 1. The van der Waals surface area contributed by atoms with Crippen LogP contribution in [-0.2, 0) is 16.1 Å². The lowest BCUT2D eigenvalue weighted by atomic mass is 10.1. The average Bonchev–Trinajstić information content (AvgIpc) is 2.94. The maximum atomic E-state index is 13.5. The van der Waals surface area contributed by atoms with Crippen LogP contribution < -0.4 is 19.7 Å². The van der Waals surface area contributed by atoms with E-state index >= 15 is 0 Å². The number of ether oxygens (including phenoxy) is 2. The standard InChI is InChI=1S/C29H29ClN4O5/c1-32(14-13-20-9-5-4-6-10-20)28(36)19-33-17-21-11-7-8-12-24(21)34(29(33)37)18-27(35)31-23-15-22(30)25(38-2)16-26(23)39-3/h4-16H,17-19H2,1-3H3,(H,31,35). The first-order chi connectivity index (χ1) is 18.8. The summed E-state index contributed by atoms with van der Waals surface area (Å²) in [5.41, 5.74) is 2.72. The van der Waals surface area contributed by atoms with Gasteiger partial charge < -0.3 is 24.6 Å². The molecule has 39 heavy (non-hydrogen) atoms. The molecule has 0 radical (unpaired) electrons. The Bertz CT molecular complexity index is 1400. The third kappa shape index (κ3) is 6.50. The van der Waals surface area contributed by atoms with Crippen LogP contribution in [0.25, 0.3) is 6.08 Å². The molecular weight excluding hydrogens is 520 g/mol. The van der Waals surface area contributed by atoms with Crippen LogP contribution in [0, 0.1) is 0 Å². The number of benzene rings is 3. The zero-order chi connectivity index (χ0) is 27.9. The van der Waals surface area contributed by atoms with Crippen LogP contribution in [0.5, 0.6) is 11.5 Å². The van der Waals surface area contributed by atoms with Crippen LogP contribution in [-0.4, -0.2) is 62.0 Å². The number of anilines is 2. The Morgan fingerprint density at radius 1 is 1.00 bits per heavy atom. The molecule has 0 saturated carbocycles. The van der Waals surface area contributed by atoms with E-state index < -0.39 is 11.9 Å². The number of hydrogen-bond acceptors (Lipinski definition) is 5. The molecule has 0 aromatic heterocycles. The van der Waals surface area contributed by atoms with Crippen molar-refractivity contribution in [1.82, 2.24) is 9.80 Å². The van der Waals surface area contributed by atoms with E-state index in [1.165, 1.54) is 35.0 Å². The van der Waals surface area contributed by atoms with Crippen molar-refractivity contribution < 1.29 is 23.9 Å². The first-order valence-corrected chi connectivity index (χ1v) is 12.5. The van der Waals surface area contributed by atoms with Gasteiger partial charge in [-0.15, -0.1) is 0 Å². The number of fused-ring (bicyclic) bond motifs is 1. The quantitative estimate of drug-likeness (QED) is 0.412. The molecule has 4 amide bonds. The zero-order valence-corrected chi connectivity index (χ0v) is 22.6. The van der Waals surface area contributed by atoms with Gasteiger partial charge in [0, 0.05) is 19.3 Å². The molecule has 4 rings (SSSR count). The molecular formula is C29H29ClN4O5. The highest BCUT2D eigenvalue weighted by Gasteiger charge is 2.33. The molecule has 1 N–H and O–H groups in total. The molecule has 202 valence electrons. The van der Waals surface area contributed by atoms with Crippen molar-refractivity contribution in [2.75, 3.05) is 44.6 Å². The Hall–Kier alpha value is -4.50. The second-order valence-electron chi connectivity index (χ2n) is 8.82. The van der Waals surface area contributed by atoms with Gasteiger partial charge in [0.1, 0.15) is 24.6 Å². The van der Waals surface area contributed by atoms with Gasteiger partial charge in [-0.1, -0.05) is 60.1 Å². The summed E-state index contributed by atoms with van der Waals surface area (Å²) in [4.78, 5) is 43.8. The summed E-state index contributed by atoms with van der Waals surface area (Å²) in [5, 5.41) is 3.05. The molecule has 9 nitrogen and oxygen atoms in total. The average molecular weight is 549 g/mol. The number of carbonyl (C=O) groups is 3. The Morgan fingerprint density at radius 2 is 1.69 bits per heavy atom. The molecule has 0 unspecified atom stereocenters. The SMILES string of the molecule is COc1cc(OC)c(NC(=O)CN2C(=O)N(CC(=O)N(C)C=Cc3ccccc3)Cc3ccccc32)cc1Cl. The van der Waals surface area contributed by atoms with Gasteiger partial charge in [0.05, 0.1) is 37.2 Å². The number of halogens is 1. The number of hydrogen-bond donors (Lipinski definition) is 1. The van der Waals surface area contributed by atoms with Crippen molar-refractivity contribution in [3.8, 4) is 11.5 Å². The molecule has 10 heteroatoms. The Balaban J connectivity index is 1.49. The van der Waals surface area contributed by atoms with E-state index in [1.54, 1.807) is 31.4 Å². The molecule has 1 aliphatic heterocycles. The van der Waals surface area contributed by atoms with Crippen molar-refractivity contribution in [3.63, 3.8) is 0 Å². The fraction of sp³-hybridized carbons (Fsp3) is 0.207. The Morgan fingerprint density at radius 3 is 2.41 bits per heavy atom. The third-order valence-corrected chi connectivity index (χ3v) is 6.50. The number of carbonyl (C=O) groups excluding carboxylic acids is 3. The minimum Gasteiger partial charge on any atom is -0.495 e. The van der Waals surface area contributed by atoms with Crippen molar-refractivity contribution in [1.29, 1.82) is 0 Å². The van der Waals surface area contributed by atoms with Crippen molar-refractivity contribution in [2.45, 2.75) is 6.54 Å². The molecule has 0 aliphatic carbocycles. The van der Waals surface area contributed by atoms with E-state index in [4.69, 9.17) is 21.1 Å². The lowest BCUT2D eigenvalue weighted by molar-refractivity contribution is -0.128. The predicted molar refractivity (Wildman–Crippen MR) is 151 cm³/mol. The van der Waals surface area contributed by atoms with E-state index in [-0.39, 0.29) is 25.5 Å². The highest BCUT2D eigenvalue weighted by Crippen LogP contribution is 2.36. The third-order valence-electron chi connectivity index (χ3n) is 6.20. The predicted octanol–water partition coefficient (Wildman–Crippen LogP) is 4.87. The van der Waals surface area contributed by atoms with E-state index in [2.05, 4.69) is 5.32 Å². The normalized spacial score (nSPS) is 12.8. The minimum atomic E-state index is -0.464. The Labute approximate surface area is 232 Å². The fourth-order valence-electron chi connectivity index (χ4n) is 4.14. The summed E-state index contributed by atoms with van der Waals surface area (Å²) in [5.74, 6) is 0.0232. The van der Waals surface area contributed by atoms with E-state index in [1.807, 2.05) is 48.5 Å². The monoisotopic (exact) mass is 548 g/mol. The number of para-hydroxylation sites is 1. The smallest absolute Gasteiger partial charge is 0.325 e. The topological polar surface area (TPSA) is 91.4 Å². The fourth-order valence-corrected chi connectivity index (χ4v) is 4.38. The molecule has 0 atom stereocenters. The van der Waals surface area contributed by atoms with Gasteiger partial charge in [-0.05, 0) is 29.3 Å². The van der Waals surface area contributed by atoms with Crippen LogP contribution in [0.4, 0.5) is 16.2 Å². The molecule has 0 saturated heterocycles. The van der Waals surface area contributed by atoms with Crippen molar-refractivity contribution in [2.24, 2.45) is 0 Å². The molecule has 0 fully saturated rings. The van der Waals surface area contributed by atoms with Crippen LogP contribution in [0.1, 0.15) is 11.1 Å². The molecule has 1 aliphatic rings. The highest BCUT2D eigenvalue weighted by atomic mass is 35.5. The van der Waals surface area contributed by atoms with E-state index in [9.17, 15) is 14.4 Å². The van der Waals surface area contributed by atoms with Gasteiger partial charge in [-0.2, -0.15) is 0 Å². The van der Waals surface area contributed by atoms with Gasteiger partial charge in [0.2, 0.25) is 11.8 Å². The minimum absolute atomic E-state index is 0.150. The number of urea groups is 1. The number of likely N-dealkylation sites (N-methyl/N-ethyl adjacent to an activating group) is 1. The summed E-state index contributed by atoms with van der Waals surface area (Å²) < 4.78 is 10.6. The molecule has 0 bridgehead atoms. The highest BCUT2D eigenvalue weighted by molar-refractivity contribution is 6.32. The first kappa shape index (κ1) is 27.5. The van der Waals surface area contributed by atoms with Crippen LogP contribution in [0.3, 0.4) is 0 Å². The summed E-state index contributed by atoms with van der Waals surface area (Å²) in [7, 11) is 4.58. The summed E-state index contributed by atoms with van der Waals surface area (Å²) >= 11 is 6.23. The zero-order valence-electron chi connectivity index (χ0n) is 21.9. The molecule has 3 aromatic rings. The van der Waals surface area contributed by atoms with Gasteiger partial charge in [-0.3, -0.25) is 14.5 Å². The van der Waals surface area contributed by atoms with Gasteiger partial charge in [-0.25, -0.2) is 4.79 Å². The summed E-state index contributed by atoms with van der Waals surface area (Å²) in [6.45, 7) is -0.184. The Kier molecular flexibility index (Phi) is 8.73. The summed E-state index contributed by atoms with van der Waals surface area (Å²) in [6.07, 6.45) is 3.49. The number of rotatable bonds is 9. The maximum absolute atomic E-state index is 13.5. The van der Waals surface area contributed by atoms with Gasteiger partial charge >= 0.3 is 6.03 Å². The second kappa shape index (κ2) is 12.4. The lowest BCUT2D eigenvalue weighted by Gasteiger charge is -2.36. The summed E-state index contributed by atoms with van der Waals surface area (Å²) in [6, 6.07) is 19.5. The van der Waals surface area contributed by atoms with Crippen LogP contribution >= 0.6 is 11.6 Å². The lowest BCUT2D eigenvalue weighted by Crippen LogP contribution is -2.52. The first-order valence-electron chi connectivity index (χ1n) is 12.2.